The lowest BCUT2D eigenvalue weighted by Gasteiger charge is -2.21. The highest BCUT2D eigenvalue weighted by Crippen LogP contribution is 2.34. The maximum absolute atomic E-state index is 12.5. The maximum Gasteiger partial charge on any atom is 0.573 e. The molecule has 0 saturated carbocycles. The van der Waals surface area contributed by atoms with Crippen LogP contribution in [-0.4, -0.2) is 17.4 Å². The molecule has 2 N–H and O–H groups in total. The van der Waals surface area contributed by atoms with E-state index in [2.05, 4.69) is 30.5 Å². The molecule has 2 aromatic carbocycles. The van der Waals surface area contributed by atoms with Gasteiger partial charge >= 0.3 is 6.36 Å². The van der Waals surface area contributed by atoms with Crippen LogP contribution in [0.2, 0.25) is 0 Å². The van der Waals surface area contributed by atoms with Gasteiger partial charge in [0.05, 0.1) is 6.61 Å². The minimum atomic E-state index is -4.75. The Morgan fingerprint density at radius 3 is 2.44 bits per heavy atom. The highest BCUT2D eigenvalue weighted by Gasteiger charge is 2.31. The van der Waals surface area contributed by atoms with Gasteiger partial charge in [0.1, 0.15) is 5.75 Å². The number of benzene rings is 2. The molecule has 0 aromatic heterocycles. The van der Waals surface area contributed by atoms with Gasteiger partial charge in [0.15, 0.2) is 0 Å². The number of aliphatic hydroxyl groups is 1. The number of amides is 1. The first-order valence-electron chi connectivity index (χ1n) is 10.6. The number of nitrogens with one attached hydrogen (secondary N) is 1. The third kappa shape index (κ3) is 6.85. The van der Waals surface area contributed by atoms with E-state index in [1.54, 1.807) is 12.1 Å². The molecule has 1 atom stereocenters. The number of aliphatic hydroxyl groups excluding tert-OH is 1. The van der Waals surface area contributed by atoms with Gasteiger partial charge in [-0.3, -0.25) is 4.79 Å². The lowest BCUT2D eigenvalue weighted by molar-refractivity contribution is -0.274. The highest BCUT2D eigenvalue weighted by molar-refractivity contribution is 5.86. The first kappa shape index (κ1) is 25.5. The molecule has 0 heterocycles. The van der Waals surface area contributed by atoms with E-state index >= 15 is 0 Å². The summed E-state index contributed by atoms with van der Waals surface area (Å²) in [7, 11) is 0. The number of ether oxygens (including phenoxy) is 1. The summed E-state index contributed by atoms with van der Waals surface area (Å²) in [5, 5.41) is 12.9. The fraction of sp³-hybridized carbons (Fsp3) is 0.400. The molecule has 0 spiro atoms. The topological polar surface area (TPSA) is 58.6 Å². The van der Waals surface area contributed by atoms with E-state index in [4.69, 9.17) is 0 Å². The lowest BCUT2D eigenvalue weighted by atomic mass is 9.85. The molecule has 32 heavy (non-hydrogen) atoms. The van der Waals surface area contributed by atoms with Crippen molar-refractivity contribution in [1.82, 2.24) is 5.32 Å². The summed E-state index contributed by atoms with van der Waals surface area (Å²) in [5.41, 5.74) is 5.06. The van der Waals surface area contributed by atoms with Crippen LogP contribution < -0.4 is 10.1 Å². The van der Waals surface area contributed by atoms with Crippen LogP contribution in [0, 0.1) is 12.8 Å². The number of carbonyl (C=O) groups excluding carboxylic acids is 1. The number of halogens is 3. The number of carbonyl (C=O) groups is 1. The van der Waals surface area contributed by atoms with Gasteiger partial charge in [0.2, 0.25) is 5.91 Å². The molecule has 0 bridgehead atoms. The van der Waals surface area contributed by atoms with Crippen molar-refractivity contribution in [1.29, 1.82) is 0 Å². The van der Waals surface area contributed by atoms with Crippen molar-refractivity contribution in [2.45, 2.75) is 59.5 Å². The van der Waals surface area contributed by atoms with E-state index in [9.17, 15) is 23.1 Å². The second-order valence-electron chi connectivity index (χ2n) is 7.87. The van der Waals surface area contributed by atoms with Crippen LogP contribution in [-0.2, 0) is 24.4 Å². The van der Waals surface area contributed by atoms with Gasteiger partial charge in [-0.2, -0.15) is 0 Å². The van der Waals surface area contributed by atoms with E-state index in [1.165, 1.54) is 18.2 Å². The largest absolute Gasteiger partial charge is 0.573 e. The molecule has 7 heteroatoms. The molecule has 0 radical (unpaired) electrons. The normalized spacial score (nSPS) is 12.3. The Kier molecular flexibility index (Phi) is 8.89. The molecule has 0 saturated heterocycles. The van der Waals surface area contributed by atoms with Crippen LogP contribution in [0.4, 0.5) is 13.2 Å². The summed E-state index contributed by atoms with van der Waals surface area (Å²) in [4.78, 5) is 11.7. The third-order valence-corrected chi connectivity index (χ3v) is 5.71. The van der Waals surface area contributed by atoms with E-state index < -0.39 is 6.36 Å². The maximum atomic E-state index is 12.5. The molecule has 0 fully saturated rings. The SMILES string of the molecule is C=CC(=O)NCc1cc(-c2ccc(OC(F)(F)F)cc2)c(C)c(CCC(C)CC)c1CO. The van der Waals surface area contributed by atoms with Gasteiger partial charge in [-0.1, -0.05) is 39.0 Å². The number of alkyl halides is 3. The summed E-state index contributed by atoms with van der Waals surface area (Å²) >= 11 is 0. The minimum absolute atomic E-state index is 0.172. The number of hydrogen-bond donors (Lipinski definition) is 2. The number of hydrogen-bond acceptors (Lipinski definition) is 3. The zero-order valence-electron chi connectivity index (χ0n) is 18.7. The Balaban J connectivity index is 2.52. The summed E-state index contributed by atoms with van der Waals surface area (Å²) in [6, 6.07) is 7.58. The molecule has 0 aliphatic carbocycles. The summed E-state index contributed by atoms with van der Waals surface area (Å²) in [6.07, 6.45) is -0.847. The quantitative estimate of drug-likeness (QED) is 0.449. The smallest absolute Gasteiger partial charge is 0.406 e. The fourth-order valence-electron chi connectivity index (χ4n) is 3.63. The third-order valence-electron chi connectivity index (χ3n) is 5.71. The standard InChI is InChI=1S/C25H30F3NO3/c1-5-16(3)7-12-21-17(4)22(13-19(23(21)15-30)14-29-24(31)6-2)18-8-10-20(11-9-18)32-25(26,27)28/h6,8-11,13,16,30H,2,5,7,12,14-15H2,1,3-4H3,(H,29,31). The number of rotatable bonds is 10. The molecule has 2 rings (SSSR count). The van der Waals surface area contributed by atoms with Gasteiger partial charge < -0.3 is 15.2 Å². The van der Waals surface area contributed by atoms with Gasteiger partial charge in [-0.15, -0.1) is 13.2 Å². The van der Waals surface area contributed by atoms with Crippen molar-refractivity contribution in [3.05, 3.63) is 65.2 Å². The van der Waals surface area contributed by atoms with E-state index in [0.29, 0.717) is 5.92 Å². The molecule has 1 unspecified atom stereocenters. The average Bonchev–Trinajstić information content (AvgIpc) is 2.75. The molecule has 174 valence electrons. The van der Waals surface area contributed by atoms with Crippen molar-refractivity contribution >= 4 is 5.91 Å². The van der Waals surface area contributed by atoms with E-state index in [0.717, 1.165) is 52.6 Å². The summed E-state index contributed by atoms with van der Waals surface area (Å²) in [5.74, 6) is -0.112. The Hall–Kier alpha value is -2.80. The second kappa shape index (κ2) is 11.2. The van der Waals surface area contributed by atoms with Crippen molar-refractivity contribution in [2.75, 3.05) is 0 Å². The van der Waals surface area contributed by atoms with Crippen molar-refractivity contribution in [3.8, 4) is 16.9 Å². The Bertz CT molecular complexity index is 937. The first-order chi connectivity index (χ1) is 15.1. The molecule has 0 aliphatic heterocycles. The van der Waals surface area contributed by atoms with Gasteiger partial charge in [0, 0.05) is 6.54 Å². The lowest BCUT2D eigenvalue weighted by Crippen LogP contribution is -2.21. The average molecular weight is 450 g/mol. The minimum Gasteiger partial charge on any atom is -0.406 e. The molecule has 0 aliphatic rings. The van der Waals surface area contributed by atoms with Crippen LogP contribution >= 0.6 is 0 Å². The monoisotopic (exact) mass is 449 g/mol. The van der Waals surface area contributed by atoms with Gasteiger partial charge in [-0.05, 0) is 83.3 Å². The Morgan fingerprint density at radius 1 is 1.25 bits per heavy atom. The van der Waals surface area contributed by atoms with Crippen LogP contribution in [0.1, 0.15) is 48.9 Å². The van der Waals surface area contributed by atoms with E-state index in [1.807, 2.05) is 13.0 Å². The van der Waals surface area contributed by atoms with Gasteiger partial charge in [-0.25, -0.2) is 0 Å². The Morgan fingerprint density at radius 2 is 1.91 bits per heavy atom. The highest BCUT2D eigenvalue weighted by atomic mass is 19.4. The van der Waals surface area contributed by atoms with Crippen LogP contribution in [0.5, 0.6) is 5.75 Å². The second-order valence-corrected chi connectivity index (χ2v) is 7.87. The molecule has 4 nitrogen and oxygen atoms in total. The zero-order valence-corrected chi connectivity index (χ0v) is 18.7. The predicted octanol–water partition coefficient (Wildman–Crippen LogP) is 5.83. The van der Waals surface area contributed by atoms with Crippen LogP contribution in [0.15, 0.2) is 43.0 Å². The predicted molar refractivity (Wildman–Crippen MR) is 119 cm³/mol. The van der Waals surface area contributed by atoms with Crippen molar-refractivity contribution in [3.63, 3.8) is 0 Å². The molecule has 2 aromatic rings. The summed E-state index contributed by atoms with van der Waals surface area (Å²) in [6.45, 7) is 9.73. The molecular weight excluding hydrogens is 419 g/mol. The first-order valence-corrected chi connectivity index (χ1v) is 10.6. The van der Waals surface area contributed by atoms with Crippen LogP contribution in [0.3, 0.4) is 0 Å². The Labute approximate surface area is 187 Å². The zero-order chi connectivity index (χ0) is 23.9. The summed E-state index contributed by atoms with van der Waals surface area (Å²) < 4.78 is 41.4. The van der Waals surface area contributed by atoms with Crippen molar-refractivity contribution in [2.24, 2.45) is 5.92 Å². The van der Waals surface area contributed by atoms with E-state index in [-0.39, 0.29) is 24.8 Å². The van der Waals surface area contributed by atoms with Gasteiger partial charge in [0.25, 0.3) is 0 Å². The van der Waals surface area contributed by atoms with Crippen LogP contribution in [0.25, 0.3) is 11.1 Å². The van der Waals surface area contributed by atoms with Crippen molar-refractivity contribution < 1.29 is 27.8 Å². The fourth-order valence-corrected chi connectivity index (χ4v) is 3.63. The molecular formula is C25H30F3NO3. The molecule has 1 amide bonds.